The van der Waals surface area contributed by atoms with E-state index >= 15 is 0 Å². The zero-order valence-electron chi connectivity index (χ0n) is 9.88. The average Bonchev–Trinajstić information content (AvgIpc) is 2.79. The molecule has 1 fully saturated rings. The Bertz CT molecular complexity index is 353. The van der Waals surface area contributed by atoms with E-state index in [1.807, 2.05) is 12.1 Å². The van der Waals surface area contributed by atoms with Gasteiger partial charge in [-0.15, -0.1) is 0 Å². The molecule has 0 radical (unpaired) electrons. The Morgan fingerprint density at radius 1 is 1.35 bits per heavy atom. The van der Waals surface area contributed by atoms with Crippen molar-refractivity contribution < 1.29 is 13.5 Å². The smallest absolute Gasteiger partial charge is 0.278 e. The maximum absolute atomic E-state index is 12.6. The van der Waals surface area contributed by atoms with Crippen LogP contribution in [0.1, 0.15) is 31.4 Å². The van der Waals surface area contributed by atoms with E-state index in [-0.39, 0.29) is 0 Å². The van der Waals surface area contributed by atoms with E-state index in [0.717, 1.165) is 19.9 Å². The summed E-state index contributed by atoms with van der Waals surface area (Å²) >= 11 is 0. The summed E-state index contributed by atoms with van der Waals surface area (Å²) in [6.45, 7) is 1.32. The number of hydrogen-bond donors (Lipinski definition) is 1. The molecule has 4 heteroatoms. The van der Waals surface area contributed by atoms with Crippen LogP contribution >= 0.6 is 0 Å². The van der Waals surface area contributed by atoms with Crippen LogP contribution in [-0.2, 0) is 0 Å². The highest BCUT2D eigenvalue weighted by atomic mass is 19.3. The Kier molecular flexibility index (Phi) is 3.62. The van der Waals surface area contributed by atoms with Crippen LogP contribution in [0.3, 0.4) is 0 Å². The topological polar surface area (TPSA) is 21.3 Å². The molecule has 2 nitrogen and oxygen atoms in total. The normalized spacial score (nSPS) is 20.5. The van der Waals surface area contributed by atoms with E-state index in [2.05, 4.69) is 5.32 Å². The van der Waals surface area contributed by atoms with Crippen LogP contribution in [0.5, 0.6) is 5.75 Å². The molecule has 0 saturated carbocycles. The highest BCUT2D eigenvalue weighted by molar-refractivity contribution is 5.29. The average molecular weight is 241 g/mol. The summed E-state index contributed by atoms with van der Waals surface area (Å²) < 4.78 is 30.2. The van der Waals surface area contributed by atoms with E-state index < -0.39 is 12.5 Å². The van der Waals surface area contributed by atoms with Crippen LogP contribution in [0, 0.1) is 0 Å². The molecule has 1 aromatic carbocycles. The van der Waals surface area contributed by atoms with Crippen molar-refractivity contribution in [2.45, 2.75) is 31.7 Å². The lowest BCUT2D eigenvalue weighted by atomic mass is 10.1. The summed E-state index contributed by atoms with van der Waals surface area (Å²) in [6, 6.07) is 7.78. The molecule has 1 heterocycles. The molecule has 17 heavy (non-hydrogen) atoms. The summed E-state index contributed by atoms with van der Waals surface area (Å²) in [4.78, 5) is 0. The number of rotatable bonds is 4. The molecule has 0 aromatic heterocycles. The molecule has 1 atom stereocenters. The fraction of sp³-hybridized carbons (Fsp3) is 0.538. The third kappa shape index (κ3) is 3.66. The molecule has 1 N–H and O–H groups in total. The van der Waals surface area contributed by atoms with Gasteiger partial charge in [0.25, 0.3) is 5.92 Å². The fourth-order valence-electron chi connectivity index (χ4n) is 1.98. The van der Waals surface area contributed by atoms with Gasteiger partial charge in [0.15, 0.2) is 6.61 Å². The third-order valence-corrected chi connectivity index (χ3v) is 2.84. The number of alkyl halides is 2. The SMILES string of the molecule is CC(F)(F)COc1ccc(C2CCCN2)cc1. The number of hydrogen-bond acceptors (Lipinski definition) is 2. The molecule has 1 aromatic rings. The molecule has 0 spiro atoms. The van der Waals surface area contributed by atoms with Gasteiger partial charge in [-0.05, 0) is 37.1 Å². The van der Waals surface area contributed by atoms with Gasteiger partial charge in [0.05, 0.1) is 0 Å². The molecule has 2 rings (SSSR count). The van der Waals surface area contributed by atoms with Crippen LogP contribution in [0.15, 0.2) is 24.3 Å². The van der Waals surface area contributed by atoms with Gasteiger partial charge in [0.2, 0.25) is 0 Å². The van der Waals surface area contributed by atoms with Crippen LogP contribution < -0.4 is 10.1 Å². The first-order valence-corrected chi connectivity index (χ1v) is 5.88. The van der Waals surface area contributed by atoms with Crippen molar-refractivity contribution in [2.24, 2.45) is 0 Å². The summed E-state index contributed by atoms with van der Waals surface area (Å²) in [5.74, 6) is -2.29. The molecule has 0 amide bonds. The molecule has 1 aliphatic heterocycles. The Labute approximate surface area is 100.0 Å². The number of nitrogens with one attached hydrogen (secondary N) is 1. The van der Waals surface area contributed by atoms with Crippen LogP contribution in [0.4, 0.5) is 8.78 Å². The van der Waals surface area contributed by atoms with Crippen LogP contribution in [-0.4, -0.2) is 19.1 Å². The van der Waals surface area contributed by atoms with Crippen molar-refractivity contribution in [2.75, 3.05) is 13.2 Å². The molecular formula is C13H17F2NO. The lowest BCUT2D eigenvalue weighted by Gasteiger charge is -2.14. The van der Waals surface area contributed by atoms with Crippen LogP contribution in [0.25, 0.3) is 0 Å². The summed E-state index contributed by atoms with van der Waals surface area (Å²) in [5, 5.41) is 3.39. The van der Waals surface area contributed by atoms with Crippen LogP contribution in [0.2, 0.25) is 0 Å². The third-order valence-electron chi connectivity index (χ3n) is 2.84. The minimum Gasteiger partial charge on any atom is -0.487 e. The lowest BCUT2D eigenvalue weighted by Crippen LogP contribution is -2.20. The van der Waals surface area contributed by atoms with Crippen molar-refractivity contribution in [3.63, 3.8) is 0 Å². The highest BCUT2D eigenvalue weighted by Gasteiger charge is 2.22. The van der Waals surface area contributed by atoms with Gasteiger partial charge in [-0.2, -0.15) is 0 Å². The second kappa shape index (κ2) is 5.00. The number of benzene rings is 1. The van der Waals surface area contributed by atoms with Crippen molar-refractivity contribution in [1.29, 1.82) is 0 Å². The summed E-state index contributed by atoms with van der Waals surface area (Å²) in [6.07, 6.45) is 2.32. The van der Waals surface area contributed by atoms with E-state index in [1.165, 1.54) is 12.0 Å². The number of halogens is 2. The standard InChI is InChI=1S/C13H17F2NO/c1-13(14,15)9-17-11-6-4-10(5-7-11)12-3-2-8-16-12/h4-7,12,16H,2-3,8-9H2,1H3. The van der Waals surface area contributed by atoms with Gasteiger partial charge >= 0.3 is 0 Å². The first kappa shape index (κ1) is 12.3. The first-order chi connectivity index (χ1) is 8.04. The molecule has 0 bridgehead atoms. The van der Waals surface area contributed by atoms with Gasteiger partial charge in [-0.3, -0.25) is 0 Å². The van der Waals surface area contributed by atoms with E-state index in [0.29, 0.717) is 11.8 Å². The van der Waals surface area contributed by atoms with Gasteiger partial charge in [0, 0.05) is 13.0 Å². The lowest BCUT2D eigenvalue weighted by molar-refractivity contribution is -0.0229. The van der Waals surface area contributed by atoms with E-state index in [4.69, 9.17) is 4.74 Å². The zero-order valence-corrected chi connectivity index (χ0v) is 9.88. The summed E-state index contributed by atoms with van der Waals surface area (Å²) in [5.41, 5.74) is 1.19. The second-order valence-corrected chi connectivity index (χ2v) is 4.58. The Hall–Kier alpha value is -1.16. The second-order valence-electron chi connectivity index (χ2n) is 4.58. The van der Waals surface area contributed by atoms with Crippen molar-refractivity contribution in [3.8, 4) is 5.75 Å². The van der Waals surface area contributed by atoms with Crippen molar-refractivity contribution >= 4 is 0 Å². The highest BCUT2D eigenvalue weighted by Crippen LogP contribution is 2.25. The molecule has 0 aliphatic carbocycles. The quantitative estimate of drug-likeness (QED) is 0.874. The Balaban J connectivity index is 1.93. The summed E-state index contributed by atoms with van der Waals surface area (Å²) in [7, 11) is 0. The van der Waals surface area contributed by atoms with Crippen molar-refractivity contribution in [3.05, 3.63) is 29.8 Å². The Morgan fingerprint density at radius 2 is 2.06 bits per heavy atom. The maximum Gasteiger partial charge on any atom is 0.278 e. The van der Waals surface area contributed by atoms with Gasteiger partial charge < -0.3 is 10.1 Å². The maximum atomic E-state index is 12.6. The largest absolute Gasteiger partial charge is 0.487 e. The first-order valence-electron chi connectivity index (χ1n) is 5.88. The van der Waals surface area contributed by atoms with Gasteiger partial charge in [-0.25, -0.2) is 8.78 Å². The van der Waals surface area contributed by atoms with E-state index in [9.17, 15) is 8.78 Å². The fourth-order valence-corrected chi connectivity index (χ4v) is 1.98. The van der Waals surface area contributed by atoms with Gasteiger partial charge in [0.1, 0.15) is 5.75 Å². The monoisotopic (exact) mass is 241 g/mol. The zero-order chi connectivity index (χ0) is 12.3. The molecular weight excluding hydrogens is 224 g/mol. The minimum atomic E-state index is -2.79. The van der Waals surface area contributed by atoms with Crippen molar-refractivity contribution in [1.82, 2.24) is 5.32 Å². The predicted molar refractivity (Wildman–Crippen MR) is 62.5 cm³/mol. The minimum absolute atomic E-state index is 0.400. The predicted octanol–water partition coefficient (Wildman–Crippen LogP) is 3.15. The number of ether oxygens (including phenoxy) is 1. The molecule has 1 saturated heterocycles. The van der Waals surface area contributed by atoms with E-state index in [1.54, 1.807) is 12.1 Å². The Morgan fingerprint density at radius 3 is 2.59 bits per heavy atom. The molecule has 1 unspecified atom stereocenters. The molecule has 94 valence electrons. The molecule has 1 aliphatic rings. The van der Waals surface area contributed by atoms with Gasteiger partial charge in [-0.1, -0.05) is 12.1 Å².